The molecule has 0 aliphatic rings. The summed E-state index contributed by atoms with van der Waals surface area (Å²) in [5.41, 5.74) is 0.646. The first-order valence-electron chi connectivity index (χ1n) is 5.74. The first-order chi connectivity index (χ1) is 9.63. The van der Waals surface area contributed by atoms with Crippen LogP contribution in [0.1, 0.15) is 10.6 Å². The van der Waals surface area contributed by atoms with E-state index in [1.807, 2.05) is 18.2 Å². The van der Waals surface area contributed by atoms with Gasteiger partial charge in [0.25, 0.3) is 5.91 Å². The molecule has 0 bridgehead atoms. The van der Waals surface area contributed by atoms with Gasteiger partial charge in [-0.2, -0.15) is 0 Å². The van der Waals surface area contributed by atoms with E-state index in [9.17, 15) is 4.79 Å². The number of halogens is 2. The lowest BCUT2D eigenvalue weighted by Gasteiger charge is -2.04. The fourth-order valence-electron chi connectivity index (χ4n) is 1.77. The molecule has 0 atom stereocenters. The number of nitrogens with one attached hydrogen (secondary N) is 1. The second kappa shape index (κ2) is 5.15. The molecule has 0 aliphatic heterocycles. The number of fused-ring (bicyclic) bond motifs is 1. The van der Waals surface area contributed by atoms with Crippen LogP contribution in [0.2, 0.25) is 10.0 Å². The van der Waals surface area contributed by atoms with Gasteiger partial charge < -0.3 is 9.73 Å². The first kappa shape index (κ1) is 13.0. The third-order valence-electron chi connectivity index (χ3n) is 2.69. The molecule has 0 aliphatic carbocycles. The Balaban J connectivity index is 1.89. The number of pyridine rings is 1. The van der Waals surface area contributed by atoms with Crippen LogP contribution in [0.5, 0.6) is 0 Å². The largest absolute Gasteiger partial charge is 0.451 e. The zero-order chi connectivity index (χ0) is 14.1. The molecule has 2 heterocycles. The molecule has 20 heavy (non-hydrogen) atoms. The Labute approximate surface area is 124 Å². The van der Waals surface area contributed by atoms with E-state index < -0.39 is 5.91 Å². The number of amides is 1. The summed E-state index contributed by atoms with van der Waals surface area (Å²) in [5.74, 6) is 0.0125. The van der Waals surface area contributed by atoms with Gasteiger partial charge in [-0.15, -0.1) is 0 Å². The number of nitrogens with zero attached hydrogens (tertiary/aromatic N) is 1. The van der Waals surface area contributed by atoms with E-state index in [1.165, 1.54) is 12.3 Å². The smallest absolute Gasteiger partial charge is 0.292 e. The number of aromatic nitrogens is 1. The average Bonchev–Trinajstić information content (AvgIpc) is 2.86. The van der Waals surface area contributed by atoms with Crippen LogP contribution in [-0.4, -0.2) is 10.9 Å². The zero-order valence-corrected chi connectivity index (χ0v) is 11.6. The van der Waals surface area contributed by atoms with E-state index in [0.29, 0.717) is 10.6 Å². The molecular formula is C14H8Cl2N2O2. The van der Waals surface area contributed by atoms with E-state index in [1.54, 1.807) is 12.1 Å². The number of carbonyl (C=O) groups excluding carboxylic acids is 1. The van der Waals surface area contributed by atoms with Crippen molar-refractivity contribution < 1.29 is 9.21 Å². The topological polar surface area (TPSA) is 55.1 Å². The van der Waals surface area contributed by atoms with Gasteiger partial charge in [0.15, 0.2) is 11.6 Å². The molecule has 0 radical (unpaired) electrons. The number of anilines is 1. The number of para-hydroxylation sites is 1. The summed E-state index contributed by atoms with van der Waals surface area (Å²) < 4.78 is 5.46. The number of benzene rings is 1. The molecule has 1 N–H and O–H groups in total. The summed E-state index contributed by atoms with van der Waals surface area (Å²) in [4.78, 5) is 16.0. The van der Waals surface area contributed by atoms with Crippen LogP contribution in [0.25, 0.3) is 11.0 Å². The van der Waals surface area contributed by atoms with Gasteiger partial charge in [0.1, 0.15) is 5.58 Å². The van der Waals surface area contributed by atoms with Crippen molar-refractivity contribution in [3.05, 3.63) is 58.4 Å². The molecule has 3 aromatic rings. The van der Waals surface area contributed by atoms with Crippen molar-refractivity contribution in [3.8, 4) is 0 Å². The fraction of sp³-hybridized carbons (Fsp3) is 0. The number of carbonyl (C=O) groups is 1. The van der Waals surface area contributed by atoms with Crippen molar-refractivity contribution in [3.63, 3.8) is 0 Å². The molecule has 6 heteroatoms. The maximum Gasteiger partial charge on any atom is 0.292 e. The maximum atomic E-state index is 12.1. The summed E-state index contributed by atoms with van der Waals surface area (Å²) >= 11 is 11.7. The van der Waals surface area contributed by atoms with Crippen LogP contribution >= 0.6 is 23.2 Å². The standard InChI is InChI=1S/C14H8Cl2N2O2/c15-9-6-10(16)13(17-7-9)18-14(19)12-5-8-3-1-2-4-11(8)20-12/h1-7H,(H,17,18,19). The van der Waals surface area contributed by atoms with Gasteiger partial charge in [0.2, 0.25) is 0 Å². The molecule has 1 aromatic carbocycles. The van der Waals surface area contributed by atoms with Crippen molar-refractivity contribution >= 4 is 45.9 Å². The fourth-order valence-corrected chi connectivity index (χ4v) is 2.20. The lowest BCUT2D eigenvalue weighted by atomic mass is 10.2. The third-order valence-corrected chi connectivity index (χ3v) is 3.18. The predicted octanol–water partition coefficient (Wildman–Crippen LogP) is 4.39. The van der Waals surface area contributed by atoms with Gasteiger partial charge >= 0.3 is 0 Å². The van der Waals surface area contributed by atoms with Gasteiger partial charge in [-0.05, 0) is 18.2 Å². The van der Waals surface area contributed by atoms with E-state index in [0.717, 1.165) is 5.39 Å². The zero-order valence-electron chi connectivity index (χ0n) is 10.1. The van der Waals surface area contributed by atoms with Gasteiger partial charge in [-0.3, -0.25) is 4.79 Å². The van der Waals surface area contributed by atoms with Crippen molar-refractivity contribution in [2.24, 2.45) is 0 Å². The molecule has 2 aromatic heterocycles. The normalized spacial score (nSPS) is 10.7. The Bertz CT molecular complexity index is 766. The number of hydrogen-bond acceptors (Lipinski definition) is 3. The van der Waals surface area contributed by atoms with E-state index >= 15 is 0 Å². The maximum absolute atomic E-state index is 12.1. The Kier molecular flexibility index (Phi) is 3.34. The minimum absolute atomic E-state index is 0.194. The summed E-state index contributed by atoms with van der Waals surface area (Å²) in [6.45, 7) is 0. The van der Waals surface area contributed by atoms with Crippen molar-refractivity contribution in [1.82, 2.24) is 4.98 Å². The van der Waals surface area contributed by atoms with Crippen LogP contribution in [0.4, 0.5) is 5.82 Å². The number of rotatable bonds is 2. The second-order valence-corrected chi connectivity index (χ2v) is 4.93. The minimum atomic E-state index is -0.419. The molecule has 0 fully saturated rings. The van der Waals surface area contributed by atoms with Gasteiger partial charge in [0.05, 0.1) is 10.0 Å². The summed E-state index contributed by atoms with van der Waals surface area (Å²) in [5, 5.41) is 4.10. The van der Waals surface area contributed by atoms with Gasteiger partial charge in [-0.1, -0.05) is 41.4 Å². The quantitative estimate of drug-likeness (QED) is 0.764. The highest BCUT2D eigenvalue weighted by atomic mass is 35.5. The molecule has 4 nitrogen and oxygen atoms in total. The molecule has 100 valence electrons. The Morgan fingerprint density at radius 3 is 2.75 bits per heavy atom. The van der Waals surface area contributed by atoms with Crippen LogP contribution in [0.15, 0.2) is 47.0 Å². The first-order valence-corrected chi connectivity index (χ1v) is 6.50. The van der Waals surface area contributed by atoms with E-state index in [-0.39, 0.29) is 16.6 Å². The highest BCUT2D eigenvalue weighted by Gasteiger charge is 2.14. The van der Waals surface area contributed by atoms with Gasteiger partial charge in [0, 0.05) is 11.6 Å². The highest BCUT2D eigenvalue weighted by molar-refractivity contribution is 6.36. The van der Waals surface area contributed by atoms with E-state index in [4.69, 9.17) is 27.6 Å². The Hall–Kier alpha value is -2.04. The molecular weight excluding hydrogens is 299 g/mol. The molecule has 0 unspecified atom stereocenters. The van der Waals surface area contributed by atoms with Crippen molar-refractivity contribution in [2.45, 2.75) is 0 Å². The van der Waals surface area contributed by atoms with E-state index in [2.05, 4.69) is 10.3 Å². The van der Waals surface area contributed by atoms with Crippen molar-refractivity contribution in [2.75, 3.05) is 5.32 Å². The van der Waals surface area contributed by atoms with Crippen LogP contribution < -0.4 is 5.32 Å². The average molecular weight is 307 g/mol. The molecule has 3 rings (SSSR count). The predicted molar refractivity (Wildman–Crippen MR) is 78.4 cm³/mol. The molecule has 1 amide bonds. The van der Waals surface area contributed by atoms with Crippen LogP contribution in [0.3, 0.4) is 0 Å². The number of furan rings is 1. The number of hydrogen-bond donors (Lipinski definition) is 1. The Morgan fingerprint density at radius 2 is 2.00 bits per heavy atom. The minimum Gasteiger partial charge on any atom is -0.451 e. The highest BCUT2D eigenvalue weighted by Crippen LogP contribution is 2.24. The van der Waals surface area contributed by atoms with Crippen LogP contribution in [-0.2, 0) is 0 Å². The summed E-state index contributed by atoms with van der Waals surface area (Å²) in [7, 11) is 0. The molecule has 0 spiro atoms. The summed E-state index contributed by atoms with van der Waals surface area (Å²) in [6, 6.07) is 10.5. The summed E-state index contributed by atoms with van der Waals surface area (Å²) in [6.07, 6.45) is 1.40. The second-order valence-electron chi connectivity index (χ2n) is 4.09. The van der Waals surface area contributed by atoms with Crippen LogP contribution in [0, 0.1) is 0 Å². The SMILES string of the molecule is O=C(Nc1ncc(Cl)cc1Cl)c1cc2ccccc2o1. The Morgan fingerprint density at radius 1 is 1.20 bits per heavy atom. The molecule has 0 saturated carbocycles. The monoisotopic (exact) mass is 306 g/mol. The van der Waals surface area contributed by atoms with Crippen molar-refractivity contribution in [1.29, 1.82) is 0 Å². The third kappa shape index (κ3) is 2.48. The van der Waals surface area contributed by atoms with Gasteiger partial charge in [-0.25, -0.2) is 4.98 Å². The lowest BCUT2D eigenvalue weighted by molar-refractivity contribution is 0.0998. The molecule has 0 saturated heterocycles. The lowest BCUT2D eigenvalue weighted by Crippen LogP contribution is -2.12.